The largest absolute Gasteiger partial charge is 0.462 e. The van der Waals surface area contributed by atoms with E-state index in [4.69, 9.17) is 14.2 Å². The molecule has 364 valence electrons. The second-order valence-electron chi connectivity index (χ2n) is 17.1. The van der Waals surface area contributed by atoms with Crippen LogP contribution in [-0.4, -0.2) is 37.2 Å². The van der Waals surface area contributed by atoms with E-state index in [-0.39, 0.29) is 31.6 Å². The standard InChI is InChI=1S/C58H96O6/c1-4-7-10-13-16-19-22-25-27-28-29-31-33-36-39-42-45-48-51-57(60)63-54-55(53-62-56(59)50-47-44-41-38-35-32-24-21-18-15-12-9-6-3)64-58(61)52-49-46-43-40-37-34-30-26-23-20-17-14-11-8-5-2/h8,11-12,15,17,20-21,24,26-28,30,37,40,46,49,55H,4-7,9-10,13-14,16,18-19,22-23,25,29,31-36,38-39,41-45,47-48,50-54H2,1-3H3/b11-8-,15-12-,20-17-,24-21-,28-27-,30-26-,40-37-,49-46-. The van der Waals surface area contributed by atoms with Crippen molar-refractivity contribution in [3.05, 3.63) is 97.2 Å². The van der Waals surface area contributed by atoms with Crippen LogP contribution < -0.4 is 0 Å². The Balaban J connectivity index is 4.51. The number of hydrogen-bond donors (Lipinski definition) is 0. The number of carbonyl (C=O) groups is 3. The van der Waals surface area contributed by atoms with Crippen molar-refractivity contribution in [2.75, 3.05) is 13.2 Å². The third-order valence-electron chi connectivity index (χ3n) is 10.8. The summed E-state index contributed by atoms with van der Waals surface area (Å²) < 4.78 is 16.7. The van der Waals surface area contributed by atoms with Crippen LogP contribution in [0.15, 0.2) is 97.2 Å². The minimum atomic E-state index is -0.839. The summed E-state index contributed by atoms with van der Waals surface area (Å²) in [7, 11) is 0. The summed E-state index contributed by atoms with van der Waals surface area (Å²) in [6.45, 7) is 6.35. The first-order valence-electron chi connectivity index (χ1n) is 26.2. The van der Waals surface area contributed by atoms with Crippen molar-refractivity contribution in [1.29, 1.82) is 0 Å². The molecule has 1 atom stereocenters. The molecule has 0 saturated heterocycles. The first-order valence-corrected chi connectivity index (χ1v) is 26.2. The Morgan fingerprint density at radius 3 is 1.11 bits per heavy atom. The maximum absolute atomic E-state index is 12.7. The Hall–Kier alpha value is -3.67. The fourth-order valence-electron chi connectivity index (χ4n) is 6.90. The van der Waals surface area contributed by atoms with Crippen LogP contribution >= 0.6 is 0 Å². The molecule has 0 aliphatic rings. The van der Waals surface area contributed by atoms with Gasteiger partial charge in [-0.1, -0.05) is 214 Å². The van der Waals surface area contributed by atoms with Gasteiger partial charge in [-0.25, -0.2) is 0 Å². The lowest BCUT2D eigenvalue weighted by atomic mass is 10.1. The van der Waals surface area contributed by atoms with Crippen LogP contribution in [0.3, 0.4) is 0 Å². The van der Waals surface area contributed by atoms with Gasteiger partial charge in [0.15, 0.2) is 6.10 Å². The molecule has 0 aromatic carbocycles. The Kier molecular flexibility index (Phi) is 49.0. The summed E-state index contributed by atoms with van der Waals surface area (Å²) >= 11 is 0. The number of esters is 3. The molecule has 0 rings (SSSR count). The predicted octanol–water partition coefficient (Wildman–Crippen LogP) is 17.4. The van der Waals surface area contributed by atoms with Crippen LogP contribution in [0.5, 0.6) is 0 Å². The van der Waals surface area contributed by atoms with Gasteiger partial charge in [0.25, 0.3) is 0 Å². The molecule has 0 N–H and O–H groups in total. The highest BCUT2D eigenvalue weighted by atomic mass is 16.6. The van der Waals surface area contributed by atoms with Crippen LogP contribution in [-0.2, 0) is 28.6 Å². The van der Waals surface area contributed by atoms with Crippen molar-refractivity contribution in [2.45, 2.75) is 239 Å². The molecule has 0 heterocycles. The number of hydrogen-bond acceptors (Lipinski definition) is 6. The van der Waals surface area contributed by atoms with Gasteiger partial charge in [-0.05, 0) is 96.3 Å². The van der Waals surface area contributed by atoms with Crippen molar-refractivity contribution < 1.29 is 28.6 Å². The predicted molar refractivity (Wildman–Crippen MR) is 274 cm³/mol. The first kappa shape index (κ1) is 60.3. The average Bonchev–Trinajstić information content (AvgIpc) is 3.29. The minimum absolute atomic E-state index is 0.0910. The van der Waals surface area contributed by atoms with Gasteiger partial charge >= 0.3 is 17.9 Å². The van der Waals surface area contributed by atoms with Crippen molar-refractivity contribution in [3.63, 3.8) is 0 Å². The fraction of sp³-hybridized carbons (Fsp3) is 0.672. The number of rotatable bonds is 46. The normalized spacial score (nSPS) is 12.9. The zero-order valence-electron chi connectivity index (χ0n) is 41.5. The van der Waals surface area contributed by atoms with Crippen LogP contribution in [0.1, 0.15) is 233 Å². The maximum Gasteiger partial charge on any atom is 0.310 e. The van der Waals surface area contributed by atoms with Crippen LogP contribution in [0.2, 0.25) is 0 Å². The van der Waals surface area contributed by atoms with Gasteiger partial charge in [-0.3, -0.25) is 14.4 Å². The first-order chi connectivity index (χ1) is 31.5. The molecule has 0 spiro atoms. The van der Waals surface area contributed by atoms with Gasteiger partial charge in [0.05, 0.1) is 6.42 Å². The van der Waals surface area contributed by atoms with E-state index in [1.165, 1.54) is 89.9 Å². The molecule has 0 bridgehead atoms. The summed E-state index contributed by atoms with van der Waals surface area (Å²) in [6.07, 6.45) is 68.5. The smallest absolute Gasteiger partial charge is 0.310 e. The summed E-state index contributed by atoms with van der Waals surface area (Å²) in [4.78, 5) is 37.9. The van der Waals surface area contributed by atoms with Crippen LogP contribution in [0.4, 0.5) is 0 Å². The van der Waals surface area contributed by atoms with E-state index in [1.807, 2.05) is 6.08 Å². The average molecular weight is 889 g/mol. The van der Waals surface area contributed by atoms with E-state index in [1.54, 1.807) is 6.08 Å². The molecule has 0 aromatic rings. The topological polar surface area (TPSA) is 78.9 Å². The van der Waals surface area contributed by atoms with Gasteiger partial charge in [0.1, 0.15) is 13.2 Å². The lowest BCUT2D eigenvalue weighted by Gasteiger charge is -2.18. The summed E-state index contributed by atoms with van der Waals surface area (Å²) in [5.74, 6) is -1.08. The molecule has 64 heavy (non-hydrogen) atoms. The highest BCUT2D eigenvalue weighted by Crippen LogP contribution is 2.13. The van der Waals surface area contributed by atoms with Gasteiger partial charge in [0, 0.05) is 12.8 Å². The summed E-state index contributed by atoms with van der Waals surface area (Å²) in [6, 6.07) is 0. The number of unbranched alkanes of at least 4 members (excludes halogenated alkanes) is 20. The second-order valence-corrected chi connectivity index (χ2v) is 17.1. The maximum atomic E-state index is 12.7. The highest BCUT2D eigenvalue weighted by molar-refractivity contribution is 5.72. The van der Waals surface area contributed by atoms with Crippen LogP contribution in [0, 0.1) is 0 Å². The second kappa shape index (κ2) is 52.0. The Morgan fingerprint density at radius 2 is 0.688 bits per heavy atom. The molecule has 0 aliphatic carbocycles. The SMILES string of the molecule is CC/C=C\C/C=C\C/C=C\C/C=C\C/C=C\CC(=O)OC(COC(=O)CCCCCCC/C=C\C/C=C\CCC)COC(=O)CCCCCCCCC/C=C\CCCCCCCCC. The molecular formula is C58H96O6. The third-order valence-corrected chi connectivity index (χ3v) is 10.8. The lowest BCUT2D eigenvalue weighted by Crippen LogP contribution is -2.30. The Bertz CT molecular complexity index is 1300. The van der Waals surface area contributed by atoms with E-state index in [2.05, 4.69) is 106 Å². The Labute approximate surface area is 394 Å². The van der Waals surface area contributed by atoms with E-state index in [9.17, 15) is 14.4 Å². The number of carbonyl (C=O) groups excluding carboxylic acids is 3. The Morgan fingerprint density at radius 1 is 0.344 bits per heavy atom. The molecule has 0 radical (unpaired) electrons. The van der Waals surface area contributed by atoms with E-state index < -0.39 is 12.1 Å². The third kappa shape index (κ3) is 49.3. The molecule has 6 nitrogen and oxygen atoms in total. The molecule has 6 heteroatoms. The van der Waals surface area contributed by atoms with Crippen molar-refractivity contribution in [1.82, 2.24) is 0 Å². The number of ether oxygens (including phenoxy) is 3. The lowest BCUT2D eigenvalue weighted by molar-refractivity contribution is -0.166. The van der Waals surface area contributed by atoms with Gasteiger partial charge in [-0.2, -0.15) is 0 Å². The molecule has 0 fully saturated rings. The molecule has 1 unspecified atom stereocenters. The zero-order chi connectivity index (χ0) is 46.5. The fourth-order valence-corrected chi connectivity index (χ4v) is 6.90. The minimum Gasteiger partial charge on any atom is -0.462 e. The zero-order valence-corrected chi connectivity index (χ0v) is 41.5. The number of allylic oxidation sites excluding steroid dienone is 15. The van der Waals surface area contributed by atoms with E-state index >= 15 is 0 Å². The summed E-state index contributed by atoms with van der Waals surface area (Å²) in [5.41, 5.74) is 0. The monoisotopic (exact) mass is 889 g/mol. The van der Waals surface area contributed by atoms with Crippen LogP contribution in [0.25, 0.3) is 0 Å². The summed E-state index contributed by atoms with van der Waals surface area (Å²) in [5, 5.41) is 0. The molecule has 0 amide bonds. The van der Waals surface area contributed by atoms with Crippen molar-refractivity contribution in [2.24, 2.45) is 0 Å². The molecule has 0 saturated carbocycles. The van der Waals surface area contributed by atoms with E-state index in [0.29, 0.717) is 19.3 Å². The highest BCUT2D eigenvalue weighted by Gasteiger charge is 2.19. The molecule has 0 aliphatic heterocycles. The van der Waals surface area contributed by atoms with E-state index in [0.717, 1.165) is 96.3 Å². The van der Waals surface area contributed by atoms with Crippen molar-refractivity contribution in [3.8, 4) is 0 Å². The van der Waals surface area contributed by atoms with Gasteiger partial charge in [0.2, 0.25) is 0 Å². The quantitative estimate of drug-likeness (QED) is 0.0262. The molecule has 0 aromatic heterocycles. The van der Waals surface area contributed by atoms with Crippen molar-refractivity contribution >= 4 is 17.9 Å². The van der Waals surface area contributed by atoms with Gasteiger partial charge in [-0.15, -0.1) is 0 Å². The molecular weight excluding hydrogens is 793 g/mol. The van der Waals surface area contributed by atoms with Gasteiger partial charge < -0.3 is 14.2 Å².